The molecule has 0 spiro atoms. The van der Waals surface area contributed by atoms with Crippen molar-refractivity contribution in [1.82, 2.24) is 0 Å². The molecule has 3 aliphatic rings. The molecule has 0 saturated carbocycles. The molecule has 0 atom stereocenters. The van der Waals surface area contributed by atoms with E-state index in [1.54, 1.807) is 0 Å². The van der Waals surface area contributed by atoms with Crippen LogP contribution in [0.1, 0.15) is 113 Å². The minimum atomic E-state index is -0.451. The van der Waals surface area contributed by atoms with E-state index in [4.69, 9.17) is 8.83 Å². The van der Waals surface area contributed by atoms with E-state index < -0.39 is 5.41 Å². The van der Waals surface area contributed by atoms with Crippen molar-refractivity contribution < 1.29 is 8.83 Å². The number of rotatable bonds is 6. The second-order valence-electron chi connectivity index (χ2n) is 22.7. The van der Waals surface area contributed by atoms with E-state index in [1.807, 2.05) is 0 Å². The van der Waals surface area contributed by atoms with Crippen LogP contribution in [0.15, 0.2) is 154 Å². The fourth-order valence-electron chi connectivity index (χ4n) is 12.2. The predicted molar refractivity (Wildman–Crippen MR) is 289 cm³/mol. The lowest BCUT2D eigenvalue weighted by atomic mass is 9.81. The third-order valence-corrected chi connectivity index (χ3v) is 16.0. The minimum Gasteiger partial charge on any atom is -0.455 e. The minimum absolute atomic E-state index is 0.0289. The summed E-state index contributed by atoms with van der Waals surface area (Å²) in [5, 5.41) is 4.43. The second-order valence-corrected chi connectivity index (χ2v) is 22.7. The molecular weight excluding hydrogens is 841 g/mol. The quantitative estimate of drug-likeness (QED) is 0.166. The van der Waals surface area contributed by atoms with Gasteiger partial charge in [-0.05, 0) is 167 Å². The van der Waals surface area contributed by atoms with Crippen LogP contribution in [0.25, 0.3) is 55.0 Å². The number of hydrogen-bond donors (Lipinski definition) is 0. The maximum absolute atomic E-state index is 7.29. The van der Waals surface area contributed by atoms with Crippen LogP contribution < -0.4 is 9.80 Å². The van der Waals surface area contributed by atoms with Crippen molar-refractivity contribution >= 4 is 78.0 Å². The molecule has 0 amide bonds. The molecule has 0 aliphatic heterocycles. The van der Waals surface area contributed by atoms with Crippen LogP contribution in [0, 0.1) is 0 Å². The molecule has 0 radical (unpaired) electrons. The van der Waals surface area contributed by atoms with Crippen LogP contribution in [0.4, 0.5) is 34.1 Å². The number of furan rings is 2. The monoisotopic (exact) mass is 900 g/mol. The van der Waals surface area contributed by atoms with Gasteiger partial charge in [0.15, 0.2) is 0 Å². The average molecular weight is 901 g/mol. The number of para-hydroxylation sites is 2. The van der Waals surface area contributed by atoms with E-state index >= 15 is 0 Å². The first kappa shape index (κ1) is 42.1. The molecule has 4 nitrogen and oxygen atoms in total. The Hall–Kier alpha value is -7.04. The third kappa shape index (κ3) is 6.47. The van der Waals surface area contributed by atoms with E-state index in [9.17, 15) is 0 Å². The normalized spacial score (nSPS) is 15.0. The summed E-state index contributed by atoms with van der Waals surface area (Å²) in [6.07, 6.45) is 6.90. The summed E-state index contributed by atoms with van der Waals surface area (Å²) in [5.74, 6) is 0. The molecule has 10 aromatic rings. The summed E-state index contributed by atoms with van der Waals surface area (Å²) in [4.78, 5) is 5.02. The average Bonchev–Trinajstić information content (AvgIpc) is 4.18. The number of nitrogens with zero attached hydrogens (tertiary/aromatic N) is 2. The summed E-state index contributed by atoms with van der Waals surface area (Å²) < 4.78 is 14.6. The van der Waals surface area contributed by atoms with Crippen molar-refractivity contribution in [3.05, 3.63) is 190 Å². The zero-order valence-corrected chi connectivity index (χ0v) is 41.3. The van der Waals surface area contributed by atoms with Crippen molar-refractivity contribution in [1.29, 1.82) is 0 Å². The fourth-order valence-corrected chi connectivity index (χ4v) is 12.2. The van der Waals surface area contributed by atoms with E-state index in [0.29, 0.717) is 0 Å². The molecule has 0 bridgehead atoms. The molecule has 4 heteroatoms. The van der Waals surface area contributed by atoms with Crippen LogP contribution in [-0.4, -0.2) is 0 Å². The number of hydrogen-bond acceptors (Lipinski definition) is 4. The number of anilines is 6. The summed E-state index contributed by atoms with van der Waals surface area (Å²) in [7, 11) is 0. The van der Waals surface area contributed by atoms with Crippen LogP contribution in [0.2, 0.25) is 0 Å². The first-order valence-corrected chi connectivity index (χ1v) is 25.3. The maximum atomic E-state index is 7.29. The molecule has 8 aromatic carbocycles. The zero-order chi connectivity index (χ0) is 47.1. The molecule has 342 valence electrons. The van der Waals surface area contributed by atoms with Gasteiger partial charge in [-0.25, -0.2) is 0 Å². The number of aryl methyl sites for hydroxylation is 4. The summed E-state index contributed by atoms with van der Waals surface area (Å²) in [5.41, 5.74) is 23.2. The molecule has 3 aliphatic carbocycles. The van der Waals surface area contributed by atoms with Crippen LogP contribution >= 0.6 is 0 Å². The lowest BCUT2D eigenvalue weighted by molar-refractivity contribution is 0.590. The van der Waals surface area contributed by atoms with Crippen LogP contribution in [0.3, 0.4) is 0 Å². The largest absolute Gasteiger partial charge is 0.455 e. The third-order valence-electron chi connectivity index (χ3n) is 16.0. The van der Waals surface area contributed by atoms with Gasteiger partial charge in [-0.15, -0.1) is 0 Å². The molecule has 0 unspecified atom stereocenters. The van der Waals surface area contributed by atoms with E-state index in [0.717, 1.165) is 103 Å². The van der Waals surface area contributed by atoms with Gasteiger partial charge >= 0.3 is 0 Å². The number of benzene rings is 8. The maximum Gasteiger partial charge on any atom is 0.145 e. The molecule has 0 saturated heterocycles. The van der Waals surface area contributed by atoms with Gasteiger partial charge in [0.1, 0.15) is 22.3 Å². The Balaban J connectivity index is 1.11. The summed E-state index contributed by atoms with van der Waals surface area (Å²) >= 11 is 0. The van der Waals surface area contributed by atoms with E-state index in [2.05, 4.69) is 211 Å². The van der Waals surface area contributed by atoms with Crippen LogP contribution in [0.5, 0.6) is 0 Å². The molecule has 2 aromatic heterocycles. The molecule has 13 rings (SSSR count). The summed E-state index contributed by atoms with van der Waals surface area (Å²) in [6, 6.07) is 55.1. The molecule has 2 heterocycles. The zero-order valence-electron chi connectivity index (χ0n) is 41.3. The Morgan fingerprint density at radius 2 is 0.797 bits per heavy atom. The van der Waals surface area contributed by atoms with Crippen molar-refractivity contribution in [3.8, 4) is 11.1 Å². The Labute approximate surface area is 406 Å². The molecular formula is C65H60N2O2. The lowest BCUT2D eigenvalue weighted by Gasteiger charge is -2.31. The highest BCUT2D eigenvalue weighted by molar-refractivity contribution is 6.24. The highest BCUT2D eigenvalue weighted by Gasteiger charge is 2.43. The van der Waals surface area contributed by atoms with E-state index in [1.165, 1.54) is 68.7 Å². The standard InChI is InChI=1S/C65H60N2O2/c1-63(2,3)43-25-31-45(32-26-43)66(47-29-23-39-15-13-17-41(39)35-47)53-37-51-59(61-57(53)49-19-9-11-21-55(49)68-61)60-52(65(51,7)8)38-54(58-50-20-10-12-22-56(50)69-62(58)60)67(46-33-27-44(28-34-46)64(4,5)6)48-30-24-40-16-14-18-42(40)36-48/h9-12,19-38H,13-18H2,1-8H3. The van der Waals surface area contributed by atoms with Gasteiger partial charge in [0.05, 0.1) is 22.1 Å². The van der Waals surface area contributed by atoms with Gasteiger partial charge in [-0.2, -0.15) is 0 Å². The second kappa shape index (κ2) is 15.0. The van der Waals surface area contributed by atoms with Crippen molar-refractivity contribution in [2.75, 3.05) is 9.80 Å². The van der Waals surface area contributed by atoms with Crippen molar-refractivity contribution in [2.24, 2.45) is 0 Å². The van der Waals surface area contributed by atoms with Crippen molar-refractivity contribution in [3.63, 3.8) is 0 Å². The molecule has 0 N–H and O–H groups in total. The lowest BCUT2D eigenvalue weighted by Crippen LogP contribution is -2.18. The Kier molecular flexibility index (Phi) is 9.14. The number of fused-ring (bicyclic) bond motifs is 13. The molecule has 69 heavy (non-hydrogen) atoms. The first-order valence-electron chi connectivity index (χ1n) is 25.3. The van der Waals surface area contributed by atoms with Crippen LogP contribution in [-0.2, 0) is 41.9 Å². The molecule has 0 fully saturated rings. The van der Waals surface area contributed by atoms with Gasteiger partial charge in [0, 0.05) is 50.1 Å². The highest BCUT2D eigenvalue weighted by Crippen LogP contribution is 2.61. The smallest absolute Gasteiger partial charge is 0.145 e. The Morgan fingerprint density at radius 3 is 1.20 bits per heavy atom. The first-order chi connectivity index (χ1) is 33.2. The van der Waals surface area contributed by atoms with Gasteiger partial charge in [0.2, 0.25) is 0 Å². The summed E-state index contributed by atoms with van der Waals surface area (Å²) in [6.45, 7) is 18.6. The SMILES string of the molecule is CC(C)(C)c1ccc(N(c2ccc3c(c2)CCC3)c2cc3c(c4oc5ccccc5c24)-c2c(cc(N(c4ccc(C(C)(C)C)cc4)c4ccc5c(c4)CCC5)c4c2oc2ccccc24)C3(C)C)cc1. The highest BCUT2D eigenvalue weighted by atomic mass is 16.3. The van der Waals surface area contributed by atoms with Gasteiger partial charge in [0.25, 0.3) is 0 Å². The van der Waals surface area contributed by atoms with Gasteiger partial charge < -0.3 is 18.6 Å². The predicted octanol–water partition coefficient (Wildman–Crippen LogP) is 18.3. The van der Waals surface area contributed by atoms with Gasteiger partial charge in [-0.3, -0.25) is 0 Å². The van der Waals surface area contributed by atoms with Gasteiger partial charge in [-0.1, -0.05) is 128 Å². The Morgan fingerprint density at radius 1 is 0.420 bits per heavy atom. The Bertz CT molecular complexity index is 3470. The van der Waals surface area contributed by atoms with E-state index in [-0.39, 0.29) is 10.8 Å². The topological polar surface area (TPSA) is 32.8 Å². The van der Waals surface area contributed by atoms with Crippen molar-refractivity contribution in [2.45, 2.75) is 110 Å². The fraction of sp³-hybridized carbons (Fsp3) is 0.262.